The van der Waals surface area contributed by atoms with Crippen LogP contribution in [0.25, 0.3) is 0 Å². The lowest BCUT2D eigenvalue weighted by atomic mass is 9.92. The molecule has 1 N–H and O–H groups in total. The summed E-state index contributed by atoms with van der Waals surface area (Å²) >= 11 is 0. The lowest BCUT2D eigenvalue weighted by Gasteiger charge is -2.51. The van der Waals surface area contributed by atoms with Gasteiger partial charge in [-0.1, -0.05) is 36.4 Å². The number of ether oxygens (including phenoxy) is 1. The number of hydrogen-bond acceptors (Lipinski definition) is 5. The van der Waals surface area contributed by atoms with Gasteiger partial charge in [-0.3, -0.25) is 19.5 Å². The summed E-state index contributed by atoms with van der Waals surface area (Å²) in [5.41, 5.74) is 2.27. The number of rotatable bonds is 6. The number of para-hydroxylation sites is 1. The van der Waals surface area contributed by atoms with Gasteiger partial charge in [0.2, 0.25) is 0 Å². The summed E-state index contributed by atoms with van der Waals surface area (Å²) in [4.78, 5) is 34.6. The Bertz CT molecular complexity index is 1210. The molecule has 2 aliphatic rings. The molecule has 0 bridgehead atoms. The molecule has 7 nitrogen and oxygen atoms in total. The SMILES string of the molecule is CC(C)N1CC2(CN(CCc3ccccc3)C2)Oc2c(NC(=O)c3ccncc3)cccc2C1=O. The molecule has 5 rings (SSSR count). The van der Waals surface area contributed by atoms with E-state index in [1.165, 1.54) is 5.56 Å². The lowest BCUT2D eigenvalue weighted by molar-refractivity contribution is -0.0880. The van der Waals surface area contributed by atoms with E-state index in [2.05, 4.69) is 39.5 Å². The van der Waals surface area contributed by atoms with E-state index in [-0.39, 0.29) is 17.9 Å². The minimum Gasteiger partial charge on any atom is -0.480 e. The molecule has 1 spiro atoms. The Hall–Kier alpha value is -3.71. The molecule has 1 saturated heterocycles. The Morgan fingerprint density at radius 3 is 2.49 bits per heavy atom. The standard InChI is InChI=1S/C28H30N4O3/c1-20(2)32-19-28(17-31(18-28)16-13-21-7-4-3-5-8-21)35-25-23(27(32)34)9-6-10-24(25)30-26(33)22-11-14-29-15-12-22/h3-12,14-15,20H,13,16-19H2,1-2H3,(H,30,33). The van der Waals surface area contributed by atoms with Crippen LogP contribution in [0.4, 0.5) is 5.69 Å². The molecule has 2 amide bonds. The van der Waals surface area contributed by atoms with Crippen LogP contribution in [-0.4, -0.2) is 64.4 Å². The minimum absolute atomic E-state index is 0.0300. The summed E-state index contributed by atoms with van der Waals surface area (Å²) in [5, 5.41) is 2.95. The number of likely N-dealkylation sites (tertiary alicyclic amines) is 1. The fourth-order valence-electron chi connectivity index (χ4n) is 4.84. The van der Waals surface area contributed by atoms with Gasteiger partial charge in [-0.25, -0.2) is 0 Å². The third-order valence-electron chi connectivity index (χ3n) is 6.68. The zero-order valence-corrected chi connectivity index (χ0v) is 20.1. The van der Waals surface area contributed by atoms with Crippen LogP contribution < -0.4 is 10.1 Å². The molecule has 0 radical (unpaired) electrons. The van der Waals surface area contributed by atoms with Crippen LogP contribution in [0.3, 0.4) is 0 Å². The second-order valence-electron chi connectivity index (χ2n) is 9.63. The van der Waals surface area contributed by atoms with Gasteiger partial charge in [0.15, 0.2) is 11.4 Å². The number of amides is 2. The number of fused-ring (bicyclic) bond motifs is 1. The predicted octanol–water partition coefficient (Wildman–Crippen LogP) is 3.87. The Kier molecular flexibility index (Phi) is 6.26. The smallest absolute Gasteiger partial charge is 0.258 e. The van der Waals surface area contributed by atoms with Crippen molar-refractivity contribution in [1.82, 2.24) is 14.8 Å². The van der Waals surface area contributed by atoms with Crippen LogP contribution in [-0.2, 0) is 6.42 Å². The predicted molar refractivity (Wildman–Crippen MR) is 135 cm³/mol. The monoisotopic (exact) mass is 470 g/mol. The summed E-state index contributed by atoms with van der Waals surface area (Å²) in [6.07, 6.45) is 4.12. The van der Waals surface area contributed by atoms with Gasteiger partial charge in [0.1, 0.15) is 0 Å². The number of nitrogens with one attached hydrogen (secondary N) is 1. The largest absolute Gasteiger partial charge is 0.480 e. The Morgan fingerprint density at radius 2 is 1.77 bits per heavy atom. The molecule has 2 aliphatic heterocycles. The van der Waals surface area contributed by atoms with Crippen molar-refractivity contribution in [2.45, 2.75) is 31.9 Å². The van der Waals surface area contributed by atoms with Gasteiger partial charge < -0.3 is 15.0 Å². The molecule has 35 heavy (non-hydrogen) atoms. The van der Waals surface area contributed by atoms with Gasteiger partial charge in [-0.05, 0) is 50.1 Å². The highest BCUT2D eigenvalue weighted by Gasteiger charge is 2.50. The highest BCUT2D eigenvalue weighted by atomic mass is 16.5. The molecule has 7 heteroatoms. The number of carbonyl (C=O) groups is 2. The Labute approximate surface area is 205 Å². The van der Waals surface area contributed by atoms with Crippen molar-refractivity contribution in [3.05, 3.63) is 89.7 Å². The van der Waals surface area contributed by atoms with Crippen LogP contribution in [0.15, 0.2) is 73.1 Å². The van der Waals surface area contributed by atoms with Gasteiger partial charge in [-0.2, -0.15) is 0 Å². The van der Waals surface area contributed by atoms with Crippen molar-refractivity contribution in [2.75, 3.05) is 31.5 Å². The quantitative estimate of drug-likeness (QED) is 0.592. The minimum atomic E-state index is -0.515. The van der Waals surface area contributed by atoms with E-state index in [0.717, 1.165) is 26.1 Å². The average Bonchev–Trinajstić information content (AvgIpc) is 2.99. The van der Waals surface area contributed by atoms with Crippen molar-refractivity contribution >= 4 is 17.5 Å². The number of anilines is 1. The van der Waals surface area contributed by atoms with Crippen LogP contribution in [0.2, 0.25) is 0 Å². The average molecular weight is 471 g/mol. The first-order valence-electron chi connectivity index (χ1n) is 12.0. The van der Waals surface area contributed by atoms with Gasteiger partial charge >= 0.3 is 0 Å². The molecule has 0 aliphatic carbocycles. The van der Waals surface area contributed by atoms with Crippen molar-refractivity contribution in [3.8, 4) is 5.75 Å². The van der Waals surface area contributed by atoms with Gasteiger partial charge in [0.25, 0.3) is 11.8 Å². The second-order valence-corrected chi connectivity index (χ2v) is 9.63. The lowest BCUT2D eigenvalue weighted by Crippen LogP contribution is -2.69. The van der Waals surface area contributed by atoms with E-state index in [9.17, 15) is 9.59 Å². The third-order valence-corrected chi connectivity index (χ3v) is 6.68. The highest BCUT2D eigenvalue weighted by molar-refractivity contribution is 6.07. The van der Waals surface area contributed by atoms with E-state index in [1.807, 2.05) is 24.8 Å². The van der Waals surface area contributed by atoms with Crippen molar-refractivity contribution < 1.29 is 14.3 Å². The van der Waals surface area contributed by atoms with Gasteiger partial charge in [0.05, 0.1) is 17.8 Å². The van der Waals surface area contributed by atoms with E-state index < -0.39 is 5.60 Å². The molecule has 0 unspecified atom stereocenters. The second kappa shape index (κ2) is 9.50. The maximum absolute atomic E-state index is 13.5. The van der Waals surface area contributed by atoms with E-state index in [1.54, 1.807) is 42.7 Å². The van der Waals surface area contributed by atoms with E-state index in [4.69, 9.17) is 4.74 Å². The fraction of sp³-hybridized carbons (Fsp3) is 0.321. The Morgan fingerprint density at radius 1 is 1.03 bits per heavy atom. The van der Waals surface area contributed by atoms with E-state index in [0.29, 0.717) is 29.1 Å². The normalized spacial score (nSPS) is 16.9. The van der Waals surface area contributed by atoms with Crippen LogP contribution >= 0.6 is 0 Å². The van der Waals surface area contributed by atoms with Crippen molar-refractivity contribution in [3.63, 3.8) is 0 Å². The molecular weight excluding hydrogens is 440 g/mol. The maximum Gasteiger partial charge on any atom is 0.258 e. The van der Waals surface area contributed by atoms with Gasteiger partial charge in [-0.15, -0.1) is 0 Å². The number of hydrogen-bond donors (Lipinski definition) is 1. The molecule has 3 aromatic rings. The summed E-state index contributed by atoms with van der Waals surface area (Å²) in [6.45, 7) is 6.94. The highest BCUT2D eigenvalue weighted by Crippen LogP contribution is 2.40. The number of aromatic nitrogens is 1. The zero-order valence-electron chi connectivity index (χ0n) is 20.1. The van der Waals surface area contributed by atoms with Crippen LogP contribution in [0.1, 0.15) is 40.1 Å². The first kappa shape index (κ1) is 23.1. The Balaban J connectivity index is 1.39. The number of nitrogens with zero attached hydrogens (tertiary/aromatic N) is 3. The first-order chi connectivity index (χ1) is 16.9. The molecule has 2 aromatic carbocycles. The number of pyridine rings is 1. The van der Waals surface area contributed by atoms with Crippen LogP contribution in [0, 0.1) is 0 Å². The number of benzene rings is 2. The molecule has 0 saturated carbocycles. The molecule has 1 fully saturated rings. The fourth-order valence-corrected chi connectivity index (χ4v) is 4.84. The maximum atomic E-state index is 13.5. The molecule has 1 aromatic heterocycles. The van der Waals surface area contributed by atoms with E-state index >= 15 is 0 Å². The summed E-state index contributed by atoms with van der Waals surface area (Å²) in [6, 6.07) is 19.1. The summed E-state index contributed by atoms with van der Waals surface area (Å²) in [5.74, 6) is 0.106. The molecule has 180 valence electrons. The number of carbonyl (C=O) groups excluding carboxylic acids is 2. The zero-order chi connectivity index (χ0) is 24.4. The molecule has 3 heterocycles. The third kappa shape index (κ3) is 4.77. The topological polar surface area (TPSA) is 74.8 Å². The molecular formula is C28H30N4O3. The first-order valence-corrected chi connectivity index (χ1v) is 12.0. The van der Waals surface area contributed by atoms with Crippen molar-refractivity contribution in [2.24, 2.45) is 0 Å². The van der Waals surface area contributed by atoms with Crippen LogP contribution in [0.5, 0.6) is 5.75 Å². The summed E-state index contributed by atoms with van der Waals surface area (Å²) < 4.78 is 6.65. The van der Waals surface area contributed by atoms with Gasteiger partial charge in [0, 0.05) is 43.6 Å². The van der Waals surface area contributed by atoms with Crippen molar-refractivity contribution in [1.29, 1.82) is 0 Å². The summed E-state index contributed by atoms with van der Waals surface area (Å²) in [7, 11) is 0. The molecule has 0 atom stereocenters.